The Labute approximate surface area is 210 Å². The highest BCUT2D eigenvalue weighted by atomic mass is 16.7. The summed E-state index contributed by atoms with van der Waals surface area (Å²) in [7, 11) is 0. The van der Waals surface area contributed by atoms with E-state index in [9.17, 15) is 24.0 Å². The number of Topliss-reactive ketones (excluding diaryl/α,β-unsaturated/α-hetero) is 2. The maximum atomic E-state index is 12.1. The SMILES string of the molecule is CCOC(=O)CC(=O)Cc1ccc(C)cc1.Cc1ccc(CC(=O)C2C(=O)OC(C)(C)OC2=O)cc1. The van der Waals surface area contributed by atoms with Crippen molar-refractivity contribution < 1.29 is 38.2 Å². The molecule has 0 spiro atoms. The molecule has 2 aromatic rings. The second-order valence-corrected chi connectivity index (χ2v) is 8.99. The molecule has 0 saturated carbocycles. The number of hydrogen-bond donors (Lipinski definition) is 0. The number of cyclic esters (lactones) is 2. The van der Waals surface area contributed by atoms with Crippen LogP contribution in [-0.2, 0) is 51.0 Å². The summed E-state index contributed by atoms with van der Waals surface area (Å²) < 4.78 is 14.6. The van der Waals surface area contributed by atoms with Gasteiger partial charge < -0.3 is 14.2 Å². The molecular formula is C28H32O8. The zero-order chi connectivity index (χ0) is 26.9. The van der Waals surface area contributed by atoms with Crippen molar-refractivity contribution in [1.82, 2.24) is 0 Å². The monoisotopic (exact) mass is 496 g/mol. The van der Waals surface area contributed by atoms with Crippen molar-refractivity contribution >= 4 is 29.5 Å². The van der Waals surface area contributed by atoms with Crippen LogP contribution in [0.5, 0.6) is 0 Å². The fourth-order valence-corrected chi connectivity index (χ4v) is 3.36. The molecule has 0 unspecified atom stereocenters. The van der Waals surface area contributed by atoms with Crippen molar-refractivity contribution in [3.8, 4) is 0 Å². The molecule has 0 aliphatic carbocycles. The molecule has 1 fully saturated rings. The third-order valence-electron chi connectivity index (χ3n) is 5.15. The normalized spacial score (nSPS) is 14.6. The Morgan fingerprint density at radius 2 is 1.25 bits per heavy atom. The second kappa shape index (κ2) is 12.8. The Kier molecular flexibility index (Phi) is 10.1. The van der Waals surface area contributed by atoms with Crippen LogP contribution in [-0.4, -0.2) is 41.9 Å². The van der Waals surface area contributed by atoms with Crippen LogP contribution in [0, 0.1) is 19.8 Å². The molecule has 1 aliphatic rings. The highest BCUT2D eigenvalue weighted by Gasteiger charge is 2.46. The number of benzene rings is 2. The first-order valence-corrected chi connectivity index (χ1v) is 11.7. The number of ketones is 2. The molecule has 2 aromatic carbocycles. The largest absolute Gasteiger partial charge is 0.466 e. The Morgan fingerprint density at radius 3 is 1.69 bits per heavy atom. The van der Waals surface area contributed by atoms with E-state index < -0.39 is 35.4 Å². The minimum atomic E-state index is -1.48. The molecule has 0 radical (unpaired) electrons. The molecule has 1 aliphatic heterocycles. The summed E-state index contributed by atoms with van der Waals surface area (Å²) >= 11 is 0. The lowest BCUT2D eigenvalue weighted by atomic mass is 9.96. The van der Waals surface area contributed by atoms with Crippen molar-refractivity contribution in [3.63, 3.8) is 0 Å². The highest BCUT2D eigenvalue weighted by molar-refractivity contribution is 6.16. The average Bonchev–Trinajstić information content (AvgIpc) is 2.76. The van der Waals surface area contributed by atoms with Gasteiger partial charge in [-0.1, -0.05) is 59.7 Å². The van der Waals surface area contributed by atoms with Gasteiger partial charge in [0.05, 0.1) is 6.61 Å². The Balaban J connectivity index is 0.000000261. The van der Waals surface area contributed by atoms with E-state index in [0.29, 0.717) is 13.0 Å². The number of esters is 3. The van der Waals surface area contributed by atoms with Crippen molar-refractivity contribution in [2.75, 3.05) is 6.61 Å². The fraction of sp³-hybridized carbons (Fsp3) is 0.393. The maximum Gasteiger partial charge on any atom is 0.331 e. The van der Waals surface area contributed by atoms with Crippen LogP contribution in [0.25, 0.3) is 0 Å². The zero-order valence-electron chi connectivity index (χ0n) is 21.3. The molecule has 0 amide bonds. The van der Waals surface area contributed by atoms with Gasteiger partial charge in [0.25, 0.3) is 5.79 Å². The van der Waals surface area contributed by atoms with Gasteiger partial charge in [0.15, 0.2) is 5.78 Å². The summed E-state index contributed by atoms with van der Waals surface area (Å²) in [5.74, 6) is -5.55. The summed E-state index contributed by atoms with van der Waals surface area (Å²) in [5, 5.41) is 0. The first-order valence-electron chi connectivity index (χ1n) is 11.7. The van der Waals surface area contributed by atoms with Crippen LogP contribution in [0.15, 0.2) is 48.5 Å². The van der Waals surface area contributed by atoms with E-state index >= 15 is 0 Å². The smallest absolute Gasteiger partial charge is 0.331 e. The molecule has 3 rings (SSSR count). The van der Waals surface area contributed by atoms with Crippen LogP contribution in [0.1, 0.15) is 49.4 Å². The van der Waals surface area contributed by atoms with Gasteiger partial charge in [-0.25, -0.2) is 0 Å². The van der Waals surface area contributed by atoms with E-state index in [1.54, 1.807) is 19.1 Å². The van der Waals surface area contributed by atoms with E-state index in [2.05, 4.69) is 0 Å². The van der Waals surface area contributed by atoms with E-state index in [-0.39, 0.29) is 18.6 Å². The summed E-state index contributed by atoms with van der Waals surface area (Å²) in [6.45, 7) is 8.86. The van der Waals surface area contributed by atoms with Crippen molar-refractivity contribution in [2.24, 2.45) is 5.92 Å². The summed E-state index contributed by atoms with van der Waals surface area (Å²) in [6.07, 6.45) is 0.149. The lowest BCUT2D eigenvalue weighted by molar-refractivity contribution is -0.238. The first kappa shape index (κ1) is 28.4. The van der Waals surface area contributed by atoms with Gasteiger partial charge in [0.2, 0.25) is 5.92 Å². The zero-order valence-corrected chi connectivity index (χ0v) is 21.3. The third-order valence-corrected chi connectivity index (χ3v) is 5.15. The molecule has 0 N–H and O–H groups in total. The fourth-order valence-electron chi connectivity index (χ4n) is 3.36. The van der Waals surface area contributed by atoms with Gasteiger partial charge in [0, 0.05) is 26.7 Å². The predicted molar refractivity (Wildman–Crippen MR) is 131 cm³/mol. The van der Waals surface area contributed by atoms with Gasteiger partial charge in [-0.05, 0) is 31.9 Å². The summed E-state index contributed by atoms with van der Waals surface area (Å²) in [5.41, 5.74) is 3.90. The van der Waals surface area contributed by atoms with Crippen molar-refractivity contribution in [3.05, 3.63) is 70.8 Å². The Morgan fingerprint density at radius 1 is 0.806 bits per heavy atom. The molecule has 1 heterocycles. The van der Waals surface area contributed by atoms with Gasteiger partial charge in [-0.15, -0.1) is 0 Å². The summed E-state index contributed by atoms with van der Waals surface area (Å²) in [6, 6.07) is 15.0. The predicted octanol–water partition coefficient (Wildman–Crippen LogP) is 3.62. The van der Waals surface area contributed by atoms with Crippen molar-refractivity contribution in [2.45, 2.75) is 59.7 Å². The number of aryl methyl sites for hydroxylation is 2. The molecular weight excluding hydrogens is 464 g/mol. The molecule has 0 atom stereocenters. The number of carbonyl (C=O) groups excluding carboxylic acids is 5. The Hall–Kier alpha value is -3.81. The maximum absolute atomic E-state index is 12.1. The lowest BCUT2D eigenvalue weighted by Gasteiger charge is -2.32. The first-order chi connectivity index (χ1) is 16.9. The standard InChI is InChI=1S/C15H16O5.C13H16O3/c1-9-4-6-10(7-5-9)8-11(16)12-13(17)19-15(2,3)20-14(12)18;1-3-16-13(15)9-12(14)8-11-6-4-10(2)5-7-11/h4-7,12H,8H2,1-3H3;4-7H,3,8-9H2,1-2H3. The number of rotatable bonds is 8. The molecule has 0 bridgehead atoms. The molecule has 0 aromatic heterocycles. The second-order valence-electron chi connectivity index (χ2n) is 8.99. The van der Waals surface area contributed by atoms with Crippen LogP contribution >= 0.6 is 0 Å². The topological polar surface area (TPSA) is 113 Å². The average molecular weight is 497 g/mol. The van der Waals surface area contributed by atoms with Gasteiger partial charge in [-0.2, -0.15) is 0 Å². The van der Waals surface area contributed by atoms with Gasteiger partial charge >= 0.3 is 17.9 Å². The van der Waals surface area contributed by atoms with Gasteiger partial charge in [-0.3, -0.25) is 24.0 Å². The Bertz CT molecular complexity index is 1080. The molecule has 192 valence electrons. The molecule has 8 heteroatoms. The van der Waals surface area contributed by atoms with E-state index in [1.165, 1.54) is 13.8 Å². The minimum Gasteiger partial charge on any atom is -0.466 e. The van der Waals surface area contributed by atoms with Crippen LogP contribution in [0.3, 0.4) is 0 Å². The van der Waals surface area contributed by atoms with Crippen LogP contribution in [0.4, 0.5) is 0 Å². The van der Waals surface area contributed by atoms with E-state index in [0.717, 1.165) is 22.3 Å². The summed E-state index contributed by atoms with van der Waals surface area (Å²) in [4.78, 5) is 58.1. The number of ether oxygens (including phenoxy) is 3. The molecule has 1 saturated heterocycles. The highest BCUT2D eigenvalue weighted by Crippen LogP contribution is 2.24. The quantitative estimate of drug-likeness (QED) is 0.402. The minimum absolute atomic E-state index is 0.00439. The molecule has 8 nitrogen and oxygen atoms in total. The molecule has 36 heavy (non-hydrogen) atoms. The van der Waals surface area contributed by atoms with Gasteiger partial charge in [0.1, 0.15) is 12.2 Å². The third kappa shape index (κ3) is 9.09. The van der Waals surface area contributed by atoms with E-state index in [4.69, 9.17) is 14.2 Å². The number of hydrogen-bond acceptors (Lipinski definition) is 8. The lowest BCUT2D eigenvalue weighted by Crippen LogP contribution is -2.49. The van der Waals surface area contributed by atoms with Crippen LogP contribution < -0.4 is 0 Å². The van der Waals surface area contributed by atoms with E-state index in [1.807, 2.05) is 50.2 Å². The van der Waals surface area contributed by atoms with Crippen molar-refractivity contribution in [1.29, 1.82) is 0 Å². The van der Waals surface area contributed by atoms with Crippen LogP contribution in [0.2, 0.25) is 0 Å². The number of carbonyl (C=O) groups is 5.